The second-order valence-electron chi connectivity index (χ2n) is 0.0722. The molecule has 0 saturated carbocycles. The van der Waals surface area contributed by atoms with Crippen LogP contribution in [-0.2, 0) is 53.1 Å². The molecule has 0 aliphatic carbocycles. The van der Waals surface area contributed by atoms with E-state index in [1.165, 1.54) is 0 Å². The summed E-state index contributed by atoms with van der Waals surface area (Å²) in [4.78, 5) is 0. The Hall–Kier alpha value is 3.10. The van der Waals surface area contributed by atoms with Gasteiger partial charge in [0.1, 0.15) is 0 Å². The zero-order valence-electron chi connectivity index (χ0n) is 2.14. The summed E-state index contributed by atoms with van der Waals surface area (Å²) in [5.41, 5.74) is 0. The fourth-order valence-electron chi connectivity index (χ4n) is 0. The standard InChI is InChI=1S/Ce.Fe.Mn.O.Zr. The van der Waals surface area contributed by atoms with Crippen LogP contribution in [0.5, 0.6) is 0 Å². The van der Waals surface area contributed by atoms with Crippen molar-refractivity contribution in [2.45, 2.75) is 0 Å². The molecular formula is CeFeMnOZr. The third kappa shape index (κ3) is 19.2. The predicted molar refractivity (Wildman–Crippen MR) is 0.686 cm³/mol. The maximum Gasteiger partial charge on any atom is 0 e. The Kier molecular flexibility index (Phi) is 49.3. The van der Waals surface area contributed by atoms with Crippen LogP contribution in [0.4, 0.5) is 0 Å². The molecule has 0 saturated heterocycles. The molecule has 29 valence electrons. The molecule has 5 heteroatoms. The van der Waals surface area contributed by atoms with Crippen LogP contribution in [0.25, 0.3) is 0 Å². The summed E-state index contributed by atoms with van der Waals surface area (Å²) in [6.07, 6.45) is 0. The summed E-state index contributed by atoms with van der Waals surface area (Å²) in [6, 6.07) is 0. The molecule has 0 rings (SSSR count). The smallest absolute Gasteiger partial charge is 0 e. The zero-order chi connectivity index (χ0) is 2.71. The molecule has 0 amide bonds. The quantitative estimate of drug-likeness (QED) is 0.552. The van der Waals surface area contributed by atoms with E-state index in [1.807, 2.05) is 0 Å². The molecule has 0 N–H and O–H groups in total. The van der Waals surface area contributed by atoms with Crippen LogP contribution >= 0.6 is 0 Å². The first-order chi connectivity index (χ1) is 1.41. The zero-order valence-corrected chi connectivity index (χ0v) is 10.0. The van der Waals surface area contributed by atoms with E-state index in [0.29, 0.717) is 0 Å². The van der Waals surface area contributed by atoms with E-state index in [0.717, 1.165) is 0 Å². The molecule has 0 aromatic heterocycles. The molecule has 0 unspecified atom stereocenters. The number of rotatable bonds is 0. The van der Waals surface area contributed by atoms with Gasteiger partial charge in [0.05, 0.1) is 0 Å². The summed E-state index contributed by atoms with van der Waals surface area (Å²) in [5.74, 6) is 0. The molecular weight excluding hydrogens is 358 g/mol. The van der Waals surface area contributed by atoms with E-state index in [2.05, 4.69) is 8.86 Å². The van der Waals surface area contributed by atoms with E-state index in [4.69, 9.17) is 0.938 Å². The summed E-state index contributed by atoms with van der Waals surface area (Å²) < 4.78 is 9.01. The van der Waals surface area contributed by atoms with Crippen molar-refractivity contribution >= 4 is 0 Å². The first-order valence-electron chi connectivity index (χ1n) is 0.381. The molecule has 0 aliphatic rings. The molecule has 0 aromatic carbocycles. The Morgan fingerprint density at radius 2 is 1.60 bits per heavy atom. The Labute approximate surface area is 85.2 Å². The van der Waals surface area contributed by atoms with Gasteiger partial charge in [0.2, 0.25) is 0 Å². The van der Waals surface area contributed by atoms with Crippen LogP contribution < -0.4 is 0 Å². The Bertz CT molecular complexity index is 19.1. The van der Waals surface area contributed by atoms with Crippen molar-refractivity contribution in [2.75, 3.05) is 0 Å². The molecule has 5 heavy (non-hydrogen) atoms. The van der Waals surface area contributed by atoms with Crippen LogP contribution in [0.3, 0.4) is 0 Å². The Morgan fingerprint density at radius 3 is 1.60 bits per heavy atom. The minimum absolute atomic E-state index is 0. The van der Waals surface area contributed by atoms with Crippen molar-refractivity contribution < 1.29 is 87.6 Å². The molecule has 0 fully saturated rings. The Morgan fingerprint density at radius 1 is 1.60 bits per heavy atom. The van der Waals surface area contributed by atoms with Crippen LogP contribution in [0.15, 0.2) is 0 Å². The second-order valence-corrected chi connectivity index (χ2v) is 2.17. The van der Waals surface area contributed by atoms with Crippen molar-refractivity contribution in [1.29, 1.82) is 0 Å². The first kappa shape index (κ1) is 15.7. The van der Waals surface area contributed by atoms with Crippen LogP contribution in [-0.4, -0.2) is 0 Å². The molecule has 1 radical (unpaired) electrons. The average Bonchev–Trinajstić information content (AvgIpc) is 0.918. The molecule has 1 nitrogen and oxygen atoms in total. The first-order valence-corrected chi connectivity index (χ1v) is 6.79. The van der Waals surface area contributed by atoms with Gasteiger partial charge in [-0.25, -0.2) is 0 Å². The number of hydrogen-bond acceptors (Lipinski definition) is 1. The van der Waals surface area contributed by atoms with Gasteiger partial charge in [0, 0.05) is 43.3 Å². The van der Waals surface area contributed by atoms with Crippen molar-refractivity contribution in [2.24, 2.45) is 0 Å². The molecule has 0 atom stereocenters. The van der Waals surface area contributed by atoms with Crippen LogP contribution in [0, 0.1) is 34.5 Å². The summed E-state index contributed by atoms with van der Waals surface area (Å²) in [5, 5.41) is 0. The van der Waals surface area contributed by atoms with Gasteiger partial charge >= 0.3 is 44.3 Å². The summed E-state index contributed by atoms with van der Waals surface area (Å²) in [6.45, 7) is 0. The fraction of sp³-hybridized carbons (Fsp3) is 0. The van der Waals surface area contributed by atoms with Gasteiger partial charge in [-0.3, -0.25) is 0 Å². The van der Waals surface area contributed by atoms with Crippen molar-refractivity contribution in [3.8, 4) is 0 Å². The fourth-order valence-corrected chi connectivity index (χ4v) is 0. The topological polar surface area (TPSA) is 17.1 Å². The van der Waals surface area contributed by atoms with Crippen molar-refractivity contribution in [3.05, 3.63) is 0 Å². The van der Waals surface area contributed by atoms with Gasteiger partial charge in [0.15, 0.2) is 0 Å². The van der Waals surface area contributed by atoms with E-state index < -0.39 is 34.5 Å². The van der Waals surface area contributed by atoms with Gasteiger partial charge in [0.25, 0.3) is 0 Å². The average molecular weight is 358 g/mol. The molecule has 0 aliphatic heterocycles. The van der Waals surface area contributed by atoms with Gasteiger partial charge < -0.3 is 0 Å². The van der Waals surface area contributed by atoms with Crippen molar-refractivity contribution in [3.63, 3.8) is 0 Å². The third-order valence-corrected chi connectivity index (χ3v) is 0. The minimum atomic E-state index is -1.42. The maximum atomic E-state index is 9.01. The predicted octanol–water partition coefficient (Wildman–Crippen LogP) is -0.126. The van der Waals surface area contributed by atoms with E-state index >= 15 is 0 Å². The third-order valence-electron chi connectivity index (χ3n) is 0. The number of hydrogen-bond donors (Lipinski definition) is 0. The van der Waals surface area contributed by atoms with E-state index in [1.54, 1.807) is 0 Å². The van der Waals surface area contributed by atoms with Crippen LogP contribution in [0.2, 0.25) is 0 Å². The molecule has 0 spiro atoms. The second kappa shape index (κ2) is 15.7. The summed E-state index contributed by atoms with van der Waals surface area (Å²) in [7, 11) is 3.12. The van der Waals surface area contributed by atoms with Gasteiger partial charge in [-0.15, -0.1) is 0 Å². The molecule has 0 bridgehead atoms. The van der Waals surface area contributed by atoms with Crippen LogP contribution in [0.1, 0.15) is 0 Å². The summed E-state index contributed by atoms with van der Waals surface area (Å²) >= 11 is -1.42. The maximum absolute atomic E-state index is 9.01. The van der Waals surface area contributed by atoms with Gasteiger partial charge in [-0.2, -0.15) is 0 Å². The van der Waals surface area contributed by atoms with Crippen molar-refractivity contribution in [1.82, 2.24) is 0 Å². The molecule has 0 aromatic rings. The minimum Gasteiger partial charge on any atom is 0 e. The Balaban J connectivity index is -0.0000000200. The normalized spacial score (nSPS) is 1.80. The SMILES string of the molecule is [Mn].[O]=[Ce][Fe].[Zr]. The van der Waals surface area contributed by atoms with E-state index in [9.17, 15) is 0 Å². The van der Waals surface area contributed by atoms with E-state index in [-0.39, 0.29) is 43.3 Å². The molecule has 0 heterocycles. The monoisotopic (exact) mass is 357 g/mol. The van der Waals surface area contributed by atoms with Gasteiger partial charge in [-0.1, -0.05) is 0 Å². The largest absolute Gasteiger partial charge is 0 e. The van der Waals surface area contributed by atoms with Gasteiger partial charge in [-0.05, 0) is 0 Å².